The van der Waals surface area contributed by atoms with Crippen LogP contribution in [0, 0.1) is 5.82 Å². The van der Waals surface area contributed by atoms with Crippen molar-refractivity contribution in [2.24, 2.45) is 0 Å². The number of benzene rings is 1. The van der Waals surface area contributed by atoms with Crippen LogP contribution in [-0.2, 0) is 20.8 Å². The summed E-state index contributed by atoms with van der Waals surface area (Å²) in [4.78, 5) is 45.0. The van der Waals surface area contributed by atoms with E-state index in [4.69, 9.17) is 11.6 Å². The van der Waals surface area contributed by atoms with Gasteiger partial charge in [0, 0.05) is 37.5 Å². The third-order valence-corrected chi connectivity index (χ3v) is 4.70. The number of halogens is 2. The molecule has 0 spiro atoms. The van der Waals surface area contributed by atoms with Crippen LogP contribution in [0.1, 0.15) is 19.0 Å². The maximum absolute atomic E-state index is 13.3. The third kappa shape index (κ3) is 4.48. The maximum atomic E-state index is 13.3. The zero-order chi connectivity index (χ0) is 20.3. The summed E-state index contributed by atoms with van der Waals surface area (Å²) >= 11 is 5.79. The molecule has 1 aliphatic rings. The number of hydrogen-bond donors (Lipinski definition) is 3. The molecule has 2 atom stereocenters. The molecule has 0 aliphatic carbocycles. The molecule has 148 valence electrons. The minimum Gasteiger partial charge on any atom is -0.348 e. The number of H-pyrrole nitrogens is 1. The van der Waals surface area contributed by atoms with Crippen LogP contribution < -0.4 is 15.5 Å². The van der Waals surface area contributed by atoms with Crippen molar-refractivity contribution in [3.8, 4) is 0 Å². The van der Waals surface area contributed by atoms with Gasteiger partial charge in [-0.15, -0.1) is 0 Å². The lowest BCUT2D eigenvalue weighted by molar-refractivity contribution is -0.130. The van der Waals surface area contributed by atoms with Crippen molar-refractivity contribution in [2.75, 3.05) is 11.4 Å². The zero-order valence-electron chi connectivity index (χ0n) is 15.0. The molecular weight excluding hydrogens is 389 g/mol. The molecule has 3 N–H and O–H groups in total. The second kappa shape index (κ2) is 8.39. The van der Waals surface area contributed by atoms with Gasteiger partial charge < -0.3 is 20.5 Å². The number of imidazole rings is 1. The van der Waals surface area contributed by atoms with E-state index in [1.165, 1.54) is 36.4 Å². The standard InChI is InChI=1S/C18H19ClFN5O3/c1-10(26)23-16(6-11-8-21-9-22-11)17(27)24-15-4-5-25(18(15)28)12-2-3-14(20)13(19)7-12/h2-3,7-9,15-16H,4-6H2,1H3,(H,21,22)(H,23,26)(H,24,27)/t15?,16-/m0/s1. The number of hydrogen-bond acceptors (Lipinski definition) is 4. The van der Waals surface area contributed by atoms with Crippen molar-refractivity contribution in [1.82, 2.24) is 20.6 Å². The Morgan fingerprint density at radius 3 is 2.89 bits per heavy atom. The fourth-order valence-electron chi connectivity index (χ4n) is 3.07. The van der Waals surface area contributed by atoms with Gasteiger partial charge in [-0.1, -0.05) is 11.6 Å². The molecule has 10 heteroatoms. The summed E-state index contributed by atoms with van der Waals surface area (Å²) in [6.07, 6.45) is 3.63. The van der Waals surface area contributed by atoms with Gasteiger partial charge in [0.15, 0.2) is 0 Å². The lowest BCUT2D eigenvalue weighted by atomic mass is 10.1. The zero-order valence-corrected chi connectivity index (χ0v) is 15.8. The molecule has 0 saturated carbocycles. The molecular formula is C18H19ClFN5O3. The number of anilines is 1. The van der Waals surface area contributed by atoms with Crippen molar-refractivity contribution in [3.05, 3.63) is 47.3 Å². The van der Waals surface area contributed by atoms with Crippen molar-refractivity contribution < 1.29 is 18.8 Å². The van der Waals surface area contributed by atoms with E-state index in [1.54, 1.807) is 6.20 Å². The topological polar surface area (TPSA) is 107 Å². The Kier molecular flexibility index (Phi) is 5.93. The van der Waals surface area contributed by atoms with Crippen LogP contribution in [0.5, 0.6) is 0 Å². The highest BCUT2D eigenvalue weighted by Crippen LogP contribution is 2.26. The van der Waals surface area contributed by atoms with Crippen molar-refractivity contribution in [1.29, 1.82) is 0 Å². The Hall–Kier alpha value is -2.94. The lowest BCUT2D eigenvalue weighted by Gasteiger charge is -2.20. The lowest BCUT2D eigenvalue weighted by Crippen LogP contribution is -2.52. The molecule has 1 aromatic carbocycles. The van der Waals surface area contributed by atoms with Crippen LogP contribution in [0.15, 0.2) is 30.7 Å². The summed E-state index contributed by atoms with van der Waals surface area (Å²) in [5.41, 5.74) is 1.14. The van der Waals surface area contributed by atoms with Gasteiger partial charge in [0.05, 0.1) is 11.3 Å². The number of amides is 3. The first kappa shape index (κ1) is 19.8. The average Bonchev–Trinajstić information content (AvgIpc) is 3.27. The van der Waals surface area contributed by atoms with Crippen LogP contribution in [-0.4, -0.2) is 46.3 Å². The van der Waals surface area contributed by atoms with Crippen LogP contribution in [0.25, 0.3) is 0 Å². The summed E-state index contributed by atoms with van der Waals surface area (Å²) in [5, 5.41) is 5.19. The maximum Gasteiger partial charge on any atom is 0.249 e. The molecule has 28 heavy (non-hydrogen) atoms. The van der Waals surface area contributed by atoms with E-state index < -0.39 is 23.8 Å². The average molecular weight is 408 g/mol. The number of rotatable bonds is 6. The minimum atomic E-state index is -0.847. The Morgan fingerprint density at radius 1 is 1.46 bits per heavy atom. The van der Waals surface area contributed by atoms with Crippen molar-refractivity contribution in [3.63, 3.8) is 0 Å². The van der Waals surface area contributed by atoms with Crippen LogP contribution >= 0.6 is 11.6 Å². The van der Waals surface area contributed by atoms with E-state index in [0.717, 1.165) is 0 Å². The van der Waals surface area contributed by atoms with E-state index in [-0.39, 0.29) is 23.3 Å². The van der Waals surface area contributed by atoms with Gasteiger partial charge in [0.25, 0.3) is 0 Å². The normalized spacial score (nSPS) is 17.5. The summed E-state index contributed by atoms with van der Waals surface area (Å²) in [7, 11) is 0. The first-order valence-electron chi connectivity index (χ1n) is 8.66. The summed E-state index contributed by atoms with van der Waals surface area (Å²) in [5.74, 6) is -1.72. The predicted molar refractivity (Wildman–Crippen MR) is 100 cm³/mol. The van der Waals surface area contributed by atoms with E-state index in [2.05, 4.69) is 20.6 Å². The van der Waals surface area contributed by atoms with Gasteiger partial charge >= 0.3 is 0 Å². The van der Waals surface area contributed by atoms with Gasteiger partial charge in [-0.2, -0.15) is 0 Å². The van der Waals surface area contributed by atoms with Gasteiger partial charge in [0.2, 0.25) is 17.7 Å². The van der Waals surface area contributed by atoms with E-state index >= 15 is 0 Å². The Labute approximate surface area is 165 Å². The molecule has 1 fully saturated rings. The van der Waals surface area contributed by atoms with E-state index in [0.29, 0.717) is 24.3 Å². The van der Waals surface area contributed by atoms with Crippen LogP contribution in [0.2, 0.25) is 5.02 Å². The summed E-state index contributed by atoms with van der Waals surface area (Å²) in [6.45, 7) is 1.67. The SMILES string of the molecule is CC(=O)N[C@@H](Cc1cnc[nH]1)C(=O)NC1CCN(c2ccc(F)c(Cl)c2)C1=O. The van der Waals surface area contributed by atoms with Crippen molar-refractivity contribution in [2.45, 2.75) is 31.8 Å². The smallest absolute Gasteiger partial charge is 0.249 e. The number of nitrogens with zero attached hydrogens (tertiary/aromatic N) is 2. The fraction of sp³-hybridized carbons (Fsp3) is 0.333. The Bertz CT molecular complexity index is 889. The molecule has 3 rings (SSSR count). The molecule has 1 saturated heterocycles. The highest BCUT2D eigenvalue weighted by atomic mass is 35.5. The number of nitrogens with one attached hydrogen (secondary N) is 3. The summed E-state index contributed by atoms with van der Waals surface area (Å²) in [6, 6.07) is 2.43. The van der Waals surface area contributed by atoms with Gasteiger partial charge in [-0.05, 0) is 24.6 Å². The number of aromatic nitrogens is 2. The largest absolute Gasteiger partial charge is 0.348 e. The van der Waals surface area contributed by atoms with Crippen LogP contribution in [0.4, 0.5) is 10.1 Å². The minimum absolute atomic E-state index is 0.0805. The Balaban J connectivity index is 1.67. The third-order valence-electron chi connectivity index (χ3n) is 4.41. The van der Waals surface area contributed by atoms with E-state index in [9.17, 15) is 18.8 Å². The molecule has 2 heterocycles. The molecule has 0 radical (unpaired) electrons. The molecule has 0 bridgehead atoms. The number of carbonyl (C=O) groups excluding carboxylic acids is 3. The first-order valence-corrected chi connectivity index (χ1v) is 9.04. The highest BCUT2D eigenvalue weighted by molar-refractivity contribution is 6.31. The quantitative estimate of drug-likeness (QED) is 0.668. The fourth-order valence-corrected chi connectivity index (χ4v) is 3.24. The molecule has 1 unspecified atom stereocenters. The van der Waals surface area contributed by atoms with Crippen LogP contribution in [0.3, 0.4) is 0 Å². The molecule has 2 aromatic rings. The molecule has 8 nitrogen and oxygen atoms in total. The Morgan fingerprint density at radius 2 is 2.25 bits per heavy atom. The monoisotopic (exact) mass is 407 g/mol. The van der Waals surface area contributed by atoms with Crippen molar-refractivity contribution >= 4 is 35.0 Å². The first-order chi connectivity index (χ1) is 13.3. The molecule has 1 aliphatic heterocycles. The van der Waals surface area contributed by atoms with E-state index in [1.807, 2.05) is 0 Å². The van der Waals surface area contributed by atoms with Gasteiger partial charge in [0.1, 0.15) is 17.9 Å². The number of aromatic amines is 1. The highest BCUT2D eigenvalue weighted by Gasteiger charge is 2.35. The number of carbonyl (C=O) groups is 3. The molecule has 1 aromatic heterocycles. The van der Waals surface area contributed by atoms with Gasteiger partial charge in [-0.25, -0.2) is 9.37 Å². The van der Waals surface area contributed by atoms with Gasteiger partial charge in [-0.3, -0.25) is 14.4 Å². The second-order valence-electron chi connectivity index (χ2n) is 6.47. The molecule has 3 amide bonds. The summed E-state index contributed by atoms with van der Waals surface area (Å²) < 4.78 is 13.3. The predicted octanol–water partition coefficient (Wildman–Crippen LogP) is 1.17. The second-order valence-corrected chi connectivity index (χ2v) is 6.88.